The summed E-state index contributed by atoms with van der Waals surface area (Å²) in [6.45, 7) is 9.99. The van der Waals surface area contributed by atoms with E-state index in [1.54, 1.807) is 0 Å². The first kappa shape index (κ1) is 24.3. The van der Waals surface area contributed by atoms with Gasteiger partial charge in [0.1, 0.15) is 12.2 Å². The summed E-state index contributed by atoms with van der Waals surface area (Å²) in [6, 6.07) is 0. The fourth-order valence-corrected chi connectivity index (χ4v) is 2.27. The fourth-order valence-electron chi connectivity index (χ4n) is 2.27. The van der Waals surface area contributed by atoms with Crippen LogP contribution in [0.4, 0.5) is 0 Å². The van der Waals surface area contributed by atoms with Crippen molar-refractivity contribution in [3.63, 3.8) is 0 Å². The number of hydrogen-bond acceptors (Lipinski definition) is 8. The molecule has 0 saturated carbocycles. The Morgan fingerprint density at radius 1 is 0.852 bits per heavy atom. The quantitative estimate of drug-likeness (QED) is 0.309. The van der Waals surface area contributed by atoms with Crippen molar-refractivity contribution in [1.29, 1.82) is 0 Å². The topological polar surface area (TPSA) is 81.7 Å². The van der Waals surface area contributed by atoms with Crippen LogP contribution in [-0.4, -0.2) is 83.9 Å². The molecule has 0 amide bonds. The van der Waals surface area contributed by atoms with Gasteiger partial charge in [0.25, 0.3) is 0 Å². The van der Waals surface area contributed by atoms with Crippen molar-refractivity contribution in [3.05, 3.63) is 0 Å². The molecule has 1 fully saturated rings. The van der Waals surface area contributed by atoms with Crippen LogP contribution in [0.5, 0.6) is 0 Å². The lowest BCUT2D eigenvalue weighted by molar-refractivity contribution is -0.169. The molecule has 8 nitrogen and oxygen atoms in total. The average Bonchev–Trinajstić information content (AvgIpc) is 2.61. The Morgan fingerprint density at radius 3 is 1.93 bits per heavy atom. The van der Waals surface area contributed by atoms with Gasteiger partial charge >= 0.3 is 5.97 Å². The molecule has 1 saturated heterocycles. The van der Waals surface area contributed by atoms with Crippen LogP contribution in [0.3, 0.4) is 0 Å². The highest BCUT2D eigenvalue weighted by atomic mass is 16.7. The molecule has 8 heteroatoms. The Labute approximate surface area is 162 Å². The van der Waals surface area contributed by atoms with Crippen molar-refractivity contribution in [2.45, 2.75) is 51.9 Å². The Balaban J connectivity index is 1.73. The minimum Gasteiger partial charge on any atom is -0.458 e. The van der Waals surface area contributed by atoms with E-state index in [-0.39, 0.29) is 18.9 Å². The lowest BCUT2D eigenvalue weighted by Crippen LogP contribution is -2.27. The van der Waals surface area contributed by atoms with Crippen molar-refractivity contribution in [2.75, 3.05) is 66.1 Å². The van der Waals surface area contributed by atoms with Crippen molar-refractivity contribution in [3.8, 4) is 0 Å². The van der Waals surface area contributed by atoms with Crippen LogP contribution in [0, 0.1) is 0 Å². The van der Waals surface area contributed by atoms with Gasteiger partial charge in [-0.1, -0.05) is 0 Å². The molecule has 1 heterocycles. The van der Waals surface area contributed by atoms with E-state index in [2.05, 4.69) is 0 Å². The van der Waals surface area contributed by atoms with E-state index in [1.165, 1.54) is 0 Å². The normalized spacial score (nSPS) is 17.8. The number of hydrogen-bond donors (Lipinski definition) is 0. The monoisotopic (exact) mass is 392 g/mol. The SMILES string of the molecule is CC(C)(C)OC(=O)COCCOCCOCCOCCOC1CCCCO1. The lowest BCUT2D eigenvalue weighted by Gasteiger charge is -2.22. The molecule has 0 aromatic carbocycles. The van der Waals surface area contributed by atoms with Crippen LogP contribution in [0.15, 0.2) is 0 Å². The largest absolute Gasteiger partial charge is 0.458 e. The summed E-state index contributed by atoms with van der Waals surface area (Å²) >= 11 is 0. The van der Waals surface area contributed by atoms with Gasteiger partial charge in [0.15, 0.2) is 6.29 Å². The highest BCUT2D eigenvalue weighted by Crippen LogP contribution is 2.13. The van der Waals surface area contributed by atoms with E-state index in [1.807, 2.05) is 20.8 Å². The first-order valence-corrected chi connectivity index (χ1v) is 9.73. The zero-order valence-electron chi connectivity index (χ0n) is 17.0. The van der Waals surface area contributed by atoms with Crippen LogP contribution in [-0.2, 0) is 38.0 Å². The van der Waals surface area contributed by atoms with Gasteiger partial charge in [0.2, 0.25) is 0 Å². The van der Waals surface area contributed by atoms with Gasteiger partial charge in [-0.2, -0.15) is 0 Å². The molecular formula is C19H36O8. The zero-order valence-corrected chi connectivity index (χ0v) is 17.0. The molecule has 0 aromatic rings. The zero-order chi connectivity index (χ0) is 19.8. The van der Waals surface area contributed by atoms with E-state index in [4.69, 9.17) is 33.2 Å². The Bertz CT molecular complexity index is 363. The molecule has 0 aromatic heterocycles. The smallest absolute Gasteiger partial charge is 0.332 e. The molecule has 0 bridgehead atoms. The molecule has 1 atom stereocenters. The maximum atomic E-state index is 11.4. The van der Waals surface area contributed by atoms with Crippen LogP contribution in [0.2, 0.25) is 0 Å². The van der Waals surface area contributed by atoms with Crippen molar-refractivity contribution < 1.29 is 38.0 Å². The number of esters is 1. The number of carbonyl (C=O) groups excluding carboxylic acids is 1. The molecule has 0 radical (unpaired) electrons. The van der Waals surface area contributed by atoms with E-state index in [9.17, 15) is 4.79 Å². The summed E-state index contributed by atoms with van der Waals surface area (Å²) in [5, 5.41) is 0. The third kappa shape index (κ3) is 15.9. The van der Waals surface area contributed by atoms with Crippen LogP contribution < -0.4 is 0 Å². The summed E-state index contributed by atoms with van der Waals surface area (Å²) in [5.74, 6) is -0.373. The minimum atomic E-state index is -0.491. The first-order chi connectivity index (χ1) is 13.0. The molecule has 160 valence electrons. The summed E-state index contributed by atoms with van der Waals surface area (Å²) in [6.07, 6.45) is 3.19. The van der Waals surface area contributed by atoms with E-state index in [0.29, 0.717) is 52.9 Å². The number of ether oxygens (including phenoxy) is 7. The molecule has 1 aliphatic rings. The summed E-state index contributed by atoms with van der Waals surface area (Å²) in [7, 11) is 0. The highest BCUT2D eigenvalue weighted by Gasteiger charge is 2.16. The highest BCUT2D eigenvalue weighted by molar-refractivity contribution is 5.71. The number of carbonyl (C=O) groups is 1. The van der Waals surface area contributed by atoms with Gasteiger partial charge in [-0.3, -0.25) is 0 Å². The number of rotatable bonds is 15. The van der Waals surface area contributed by atoms with E-state index >= 15 is 0 Å². The molecule has 1 unspecified atom stereocenters. The minimum absolute atomic E-state index is 0.0644. The molecule has 1 aliphatic heterocycles. The van der Waals surface area contributed by atoms with Crippen LogP contribution in [0.25, 0.3) is 0 Å². The van der Waals surface area contributed by atoms with E-state index in [0.717, 1.165) is 25.9 Å². The maximum Gasteiger partial charge on any atom is 0.332 e. The summed E-state index contributed by atoms with van der Waals surface area (Å²) < 4.78 is 37.5. The Morgan fingerprint density at radius 2 is 1.41 bits per heavy atom. The Hall–Kier alpha value is -0.770. The van der Waals surface area contributed by atoms with Gasteiger partial charge in [-0.25, -0.2) is 4.79 Å². The fraction of sp³-hybridized carbons (Fsp3) is 0.947. The molecule has 0 spiro atoms. The van der Waals surface area contributed by atoms with E-state index < -0.39 is 5.60 Å². The third-order valence-electron chi connectivity index (χ3n) is 3.43. The van der Waals surface area contributed by atoms with Crippen molar-refractivity contribution >= 4 is 5.97 Å². The van der Waals surface area contributed by atoms with Crippen LogP contribution in [0.1, 0.15) is 40.0 Å². The third-order valence-corrected chi connectivity index (χ3v) is 3.43. The van der Waals surface area contributed by atoms with Gasteiger partial charge < -0.3 is 33.2 Å². The van der Waals surface area contributed by atoms with Crippen LogP contribution >= 0.6 is 0 Å². The van der Waals surface area contributed by atoms with Crippen molar-refractivity contribution in [2.24, 2.45) is 0 Å². The molecule has 0 N–H and O–H groups in total. The van der Waals surface area contributed by atoms with Gasteiger partial charge in [0, 0.05) is 6.61 Å². The molecule has 1 rings (SSSR count). The predicted molar refractivity (Wildman–Crippen MR) is 98.7 cm³/mol. The van der Waals surface area contributed by atoms with Gasteiger partial charge in [-0.15, -0.1) is 0 Å². The summed E-state index contributed by atoms with van der Waals surface area (Å²) in [4.78, 5) is 11.4. The second kappa shape index (κ2) is 15.2. The Kier molecular flexibility index (Phi) is 13.7. The molecule has 27 heavy (non-hydrogen) atoms. The van der Waals surface area contributed by atoms with Crippen molar-refractivity contribution in [1.82, 2.24) is 0 Å². The van der Waals surface area contributed by atoms with Gasteiger partial charge in [0.05, 0.1) is 52.9 Å². The average molecular weight is 392 g/mol. The molecular weight excluding hydrogens is 356 g/mol. The second-order valence-corrected chi connectivity index (χ2v) is 7.14. The lowest BCUT2D eigenvalue weighted by atomic mass is 10.2. The first-order valence-electron chi connectivity index (χ1n) is 9.73. The summed E-state index contributed by atoms with van der Waals surface area (Å²) in [5.41, 5.74) is -0.491. The predicted octanol–water partition coefficient (Wildman–Crippen LogP) is 1.94. The standard InChI is InChI=1S/C19H36O8/c1-19(2,3)27-17(20)16-24-13-12-22-9-8-21-10-11-23-14-15-26-18-6-4-5-7-25-18/h18H,4-16H2,1-3H3. The molecule has 0 aliphatic carbocycles. The van der Waals surface area contributed by atoms with Gasteiger partial charge in [-0.05, 0) is 40.0 Å². The maximum absolute atomic E-state index is 11.4. The second-order valence-electron chi connectivity index (χ2n) is 7.14.